The number of nitriles is 2. The van der Waals surface area contributed by atoms with Gasteiger partial charge in [-0.25, -0.2) is 0 Å². The van der Waals surface area contributed by atoms with Crippen LogP contribution in [0.15, 0.2) is 18.2 Å². The van der Waals surface area contributed by atoms with E-state index in [1.807, 2.05) is 12.1 Å². The lowest BCUT2D eigenvalue weighted by atomic mass is 10.1. The molecular weight excluding hydrogens is 204 g/mol. The second-order valence-corrected chi connectivity index (χ2v) is 3.06. The van der Waals surface area contributed by atoms with Gasteiger partial charge in [-0.3, -0.25) is 4.79 Å². The van der Waals surface area contributed by atoms with Gasteiger partial charge in [-0.1, -0.05) is 0 Å². The average molecular weight is 214 g/mol. The molecule has 0 saturated carbocycles. The summed E-state index contributed by atoms with van der Waals surface area (Å²) in [6, 6.07) is 8.38. The first-order valence-corrected chi connectivity index (χ1v) is 4.60. The summed E-state index contributed by atoms with van der Waals surface area (Å²) in [5.41, 5.74) is 1.06. The van der Waals surface area contributed by atoms with Crippen molar-refractivity contribution in [3.63, 3.8) is 0 Å². The van der Waals surface area contributed by atoms with E-state index in [1.54, 1.807) is 13.1 Å². The number of hydrogen-bond donors (Lipinski definition) is 2. The van der Waals surface area contributed by atoms with Gasteiger partial charge in [0.1, 0.15) is 12.1 Å². The van der Waals surface area contributed by atoms with E-state index in [2.05, 4.69) is 10.6 Å². The highest BCUT2D eigenvalue weighted by Gasteiger charge is 2.05. The minimum atomic E-state index is -0.198. The van der Waals surface area contributed by atoms with Gasteiger partial charge in [0.25, 0.3) is 0 Å². The molecular formula is C11H10N4O. The molecule has 16 heavy (non-hydrogen) atoms. The minimum absolute atomic E-state index is 0.196. The summed E-state index contributed by atoms with van der Waals surface area (Å²) in [6.07, 6.45) is 0. The molecule has 0 unspecified atom stereocenters. The molecule has 0 aliphatic rings. The van der Waals surface area contributed by atoms with E-state index in [9.17, 15) is 4.79 Å². The summed E-state index contributed by atoms with van der Waals surface area (Å²) >= 11 is 0. The molecule has 2 N–H and O–H groups in total. The van der Waals surface area contributed by atoms with Crippen molar-refractivity contribution in [1.29, 1.82) is 10.5 Å². The number of benzene rings is 1. The molecule has 0 heterocycles. The lowest BCUT2D eigenvalue weighted by Gasteiger charge is -2.05. The summed E-state index contributed by atoms with van der Waals surface area (Å²) in [5, 5.41) is 22.8. The maximum Gasteiger partial charge on any atom is 0.238 e. The lowest BCUT2D eigenvalue weighted by molar-refractivity contribution is -0.115. The van der Waals surface area contributed by atoms with Gasteiger partial charge in [-0.15, -0.1) is 0 Å². The maximum atomic E-state index is 11.2. The van der Waals surface area contributed by atoms with Crippen molar-refractivity contribution in [2.24, 2.45) is 0 Å². The van der Waals surface area contributed by atoms with Crippen LogP contribution >= 0.6 is 0 Å². The van der Waals surface area contributed by atoms with E-state index in [1.165, 1.54) is 12.1 Å². The first-order chi connectivity index (χ1) is 7.71. The van der Waals surface area contributed by atoms with Crippen LogP contribution in [0.3, 0.4) is 0 Å². The minimum Gasteiger partial charge on any atom is -0.325 e. The normalized spacial score (nSPS) is 8.94. The SMILES string of the molecule is CNCC(=O)Nc1ccc(C#N)c(C#N)c1. The van der Waals surface area contributed by atoms with Crippen LogP contribution in [0.25, 0.3) is 0 Å². The topological polar surface area (TPSA) is 88.7 Å². The predicted octanol–water partition coefficient (Wildman–Crippen LogP) is 0.588. The van der Waals surface area contributed by atoms with E-state index in [0.29, 0.717) is 11.3 Å². The summed E-state index contributed by atoms with van der Waals surface area (Å²) in [7, 11) is 1.67. The summed E-state index contributed by atoms with van der Waals surface area (Å²) < 4.78 is 0. The number of likely N-dealkylation sites (N-methyl/N-ethyl adjacent to an activating group) is 1. The number of hydrogen-bond acceptors (Lipinski definition) is 4. The maximum absolute atomic E-state index is 11.2. The average Bonchev–Trinajstić information content (AvgIpc) is 2.29. The molecule has 0 atom stereocenters. The monoisotopic (exact) mass is 214 g/mol. The zero-order valence-corrected chi connectivity index (χ0v) is 8.74. The molecule has 0 spiro atoms. The number of nitrogens with zero attached hydrogens (tertiary/aromatic N) is 2. The third-order valence-electron chi connectivity index (χ3n) is 1.88. The molecule has 0 aliphatic heterocycles. The van der Waals surface area contributed by atoms with Crippen molar-refractivity contribution in [2.45, 2.75) is 0 Å². The fourth-order valence-electron chi connectivity index (χ4n) is 1.18. The van der Waals surface area contributed by atoms with Crippen LogP contribution in [0, 0.1) is 22.7 Å². The molecule has 5 nitrogen and oxygen atoms in total. The van der Waals surface area contributed by atoms with Gasteiger partial charge in [-0.05, 0) is 25.2 Å². The van der Waals surface area contributed by atoms with Crippen molar-refractivity contribution in [3.05, 3.63) is 29.3 Å². The number of carbonyl (C=O) groups is 1. The Kier molecular flexibility index (Phi) is 4.02. The smallest absolute Gasteiger partial charge is 0.238 e. The quantitative estimate of drug-likeness (QED) is 0.770. The van der Waals surface area contributed by atoms with Gasteiger partial charge >= 0.3 is 0 Å². The first kappa shape index (κ1) is 11.7. The van der Waals surface area contributed by atoms with Crippen LogP contribution in [0.2, 0.25) is 0 Å². The lowest BCUT2D eigenvalue weighted by Crippen LogP contribution is -2.25. The predicted molar refractivity (Wildman–Crippen MR) is 58.4 cm³/mol. The molecule has 80 valence electrons. The van der Waals surface area contributed by atoms with E-state index in [4.69, 9.17) is 10.5 Å². The third-order valence-corrected chi connectivity index (χ3v) is 1.88. The molecule has 0 aliphatic carbocycles. The molecule has 0 saturated heterocycles. The largest absolute Gasteiger partial charge is 0.325 e. The fourth-order valence-corrected chi connectivity index (χ4v) is 1.18. The van der Waals surface area contributed by atoms with E-state index in [-0.39, 0.29) is 18.0 Å². The van der Waals surface area contributed by atoms with Gasteiger partial charge in [0.2, 0.25) is 5.91 Å². The van der Waals surface area contributed by atoms with Crippen LogP contribution in [0.1, 0.15) is 11.1 Å². The Morgan fingerprint density at radius 1 is 1.31 bits per heavy atom. The van der Waals surface area contributed by atoms with Gasteiger partial charge in [0.15, 0.2) is 0 Å². The zero-order valence-electron chi connectivity index (χ0n) is 8.74. The summed E-state index contributed by atoms with van der Waals surface area (Å²) in [4.78, 5) is 11.2. The zero-order chi connectivity index (χ0) is 12.0. The molecule has 1 amide bonds. The number of amides is 1. The second-order valence-electron chi connectivity index (χ2n) is 3.06. The third kappa shape index (κ3) is 2.81. The Balaban J connectivity index is 2.89. The molecule has 5 heteroatoms. The van der Waals surface area contributed by atoms with Crippen molar-refractivity contribution < 1.29 is 4.79 Å². The molecule has 1 rings (SSSR count). The first-order valence-electron chi connectivity index (χ1n) is 4.60. The highest BCUT2D eigenvalue weighted by Crippen LogP contribution is 2.14. The second kappa shape index (κ2) is 5.50. The molecule has 0 bridgehead atoms. The van der Waals surface area contributed by atoms with Crippen molar-refractivity contribution in [1.82, 2.24) is 5.32 Å². The van der Waals surface area contributed by atoms with Crippen LogP contribution in [0.4, 0.5) is 5.69 Å². The molecule has 0 aromatic heterocycles. The van der Waals surface area contributed by atoms with Crippen LogP contribution in [0.5, 0.6) is 0 Å². The van der Waals surface area contributed by atoms with E-state index in [0.717, 1.165) is 0 Å². The number of nitrogens with one attached hydrogen (secondary N) is 2. The Morgan fingerprint density at radius 2 is 2.00 bits per heavy atom. The highest BCUT2D eigenvalue weighted by atomic mass is 16.1. The van der Waals surface area contributed by atoms with Gasteiger partial charge in [0.05, 0.1) is 17.7 Å². The van der Waals surface area contributed by atoms with Crippen molar-refractivity contribution >= 4 is 11.6 Å². The Hall–Kier alpha value is -2.37. The standard InChI is InChI=1S/C11H10N4O/c1-14-7-11(16)15-10-3-2-8(5-12)9(4-10)6-13/h2-4,14H,7H2,1H3,(H,15,16). The van der Waals surface area contributed by atoms with Gasteiger partial charge < -0.3 is 10.6 Å². The van der Waals surface area contributed by atoms with Crippen LogP contribution in [-0.2, 0) is 4.79 Å². The summed E-state index contributed by atoms with van der Waals surface area (Å²) in [5.74, 6) is -0.198. The van der Waals surface area contributed by atoms with Crippen molar-refractivity contribution in [3.8, 4) is 12.1 Å². The number of anilines is 1. The number of carbonyl (C=O) groups excluding carboxylic acids is 1. The molecule has 1 aromatic rings. The highest BCUT2D eigenvalue weighted by molar-refractivity contribution is 5.92. The van der Waals surface area contributed by atoms with Crippen LogP contribution < -0.4 is 10.6 Å². The Labute approximate surface area is 93.3 Å². The van der Waals surface area contributed by atoms with E-state index >= 15 is 0 Å². The molecule has 0 fully saturated rings. The molecule has 0 radical (unpaired) electrons. The van der Waals surface area contributed by atoms with E-state index < -0.39 is 0 Å². The molecule has 1 aromatic carbocycles. The van der Waals surface area contributed by atoms with Crippen LogP contribution in [-0.4, -0.2) is 19.5 Å². The Morgan fingerprint density at radius 3 is 2.56 bits per heavy atom. The van der Waals surface area contributed by atoms with Gasteiger partial charge in [-0.2, -0.15) is 10.5 Å². The number of rotatable bonds is 3. The van der Waals surface area contributed by atoms with Crippen molar-refractivity contribution in [2.75, 3.05) is 18.9 Å². The fraction of sp³-hybridized carbons (Fsp3) is 0.182. The summed E-state index contributed by atoms with van der Waals surface area (Å²) in [6.45, 7) is 0.196. The van der Waals surface area contributed by atoms with Gasteiger partial charge in [0, 0.05) is 5.69 Å². The Bertz CT molecular complexity index is 482.